The Morgan fingerprint density at radius 2 is 1.70 bits per heavy atom. The number of amides is 2. The van der Waals surface area contributed by atoms with Gasteiger partial charge in [-0.15, -0.1) is 0 Å². The van der Waals surface area contributed by atoms with Crippen LogP contribution in [0.2, 0.25) is 5.02 Å². The SMILES string of the molecule is Cc1cccc(Cn2cc(/C=C3\SC(=O)N(Cc4ccc(Cl)cc4)C3=O)c3ccccc32)c1. The maximum Gasteiger partial charge on any atom is 0.293 e. The molecular formula is C27H21ClN2O2S. The number of halogens is 1. The van der Waals surface area contributed by atoms with Crippen molar-refractivity contribution in [1.29, 1.82) is 0 Å². The molecule has 33 heavy (non-hydrogen) atoms. The fourth-order valence-electron chi connectivity index (χ4n) is 4.08. The molecule has 1 saturated heterocycles. The molecule has 4 aromatic rings. The lowest BCUT2D eigenvalue weighted by Crippen LogP contribution is -2.27. The molecule has 0 radical (unpaired) electrons. The van der Waals surface area contributed by atoms with Gasteiger partial charge in [-0.2, -0.15) is 0 Å². The number of aromatic nitrogens is 1. The zero-order valence-corrected chi connectivity index (χ0v) is 19.6. The second-order valence-electron chi connectivity index (χ2n) is 8.11. The van der Waals surface area contributed by atoms with Crippen LogP contribution >= 0.6 is 23.4 Å². The number of rotatable bonds is 5. The van der Waals surface area contributed by atoms with Gasteiger partial charge in [0, 0.05) is 34.2 Å². The normalized spacial score (nSPS) is 15.2. The summed E-state index contributed by atoms with van der Waals surface area (Å²) in [5, 5.41) is 1.41. The summed E-state index contributed by atoms with van der Waals surface area (Å²) in [6, 6.07) is 23.7. The van der Waals surface area contributed by atoms with Crippen molar-refractivity contribution >= 4 is 51.5 Å². The van der Waals surface area contributed by atoms with Gasteiger partial charge in [0.05, 0.1) is 11.4 Å². The fraction of sp³-hybridized carbons (Fsp3) is 0.111. The number of hydrogen-bond donors (Lipinski definition) is 0. The summed E-state index contributed by atoms with van der Waals surface area (Å²) in [6.45, 7) is 3.05. The van der Waals surface area contributed by atoms with Crippen molar-refractivity contribution in [1.82, 2.24) is 9.47 Å². The van der Waals surface area contributed by atoms with Crippen LogP contribution in [0, 0.1) is 6.92 Å². The summed E-state index contributed by atoms with van der Waals surface area (Å²) in [5.74, 6) is -0.268. The van der Waals surface area contributed by atoms with Gasteiger partial charge in [-0.3, -0.25) is 14.5 Å². The number of thioether (sulfide) groups is 1. The molecule has 0 bridgehead atoms. The zero-order chi connectivity index (χ0) is 22.9. The second kappa shape index (κ2) is 8.93. The molecule has 2 heterocycles. The minimum absolute atomic E-state index is 0.230. The van der Waals surface area contributed by atoms with Crippen LogP contribution in [0.1, 0.15) is 22.3 Å². The predicted molar refractivity (Wildman–Crippen MR) is 135 cm³/mol. The monoisotopic (exact) mass is 472 g/mol. The summed E-state index contributed by atoms with van der Waals surface area (Å²) in [5.41, 5.74) is 5.31. The molecule has 1 aliphatic rings. The molecule has 0 saturated carbocycles. The molecule has 1 fully saturated rings. The van der Waals surface area contributed by atoms with E-state index < -0.39 is 0 Å². The van der Waals surface area contributed by atoms with E-state index in [4.69, 9.17) is 11.6 Å². The molecule has 0 spiro atoms. The first-order valence-corrected chi connectivity index (χ1v) is 11.8. The molecule has 6 heteroatoms. The molecular weight excluding hydrogens is 452 g/mol. The highest BCUT2D eigenvalue weighted by Gasteiger charge is 2.35. The smallest absolute Gasteiger partial charge is 0.293 e. The highest BCUT2D eigenvalue weighted by atomic mass is 35.5. The lowest BCUT2D eigenvalue weighted by atomic mass is 10.1. The van der Waals surface area contributed by atoms with Crippen LogP contribution in [0.3, 0.4) is 0 Å². The number of benzene rings is 3. The molecule has 3 aromatic carbocycles. The number of nitrogens with zero attached hydrogens (tertiary/aromatic N) is 2. The van der Waals surface area contributed by atoms with E-state index in [-0.39, 0.29) is 17.7 Å². The summed E-state index contributed by atoms with van der Waals surface area (Å²) in [6.07, 6.45) is 3.89. The highest BCUT2D eigenvalue weighted by Crippen LogP contribution is 2.35. The van der Waals surface area contributed by atoms with E-state index in [0.29, 0.717) is 9.93 Å². The van der Waals surface area contributed by atoms with Crippen LogP contribution < -0.4 is 0 Å². The van der Waals surface area contributed by atoms with Gasteiger partial charge in [-0.25, -0.2) is 0 Å². The molecule has 0 N–H and O–H groups in total. The number of para-hydroxylation sites is 1. The van der Waals surface area contributed by atoms with Crippen LogP contribution in [-0.4, -0.2) is 20.6 Å². The van der Waals surface area contributed by atoms with E-state index in [1.807, 2.05) is 36.4 Å². The zero-order valence-electron chi connectivity index (χ0n) is 18.0. The standard InChI is InChI=1S/C27H21ClN2O2S/c1-18-5-4-6-20(13-18)15-29-17-21(23-7-2-3-8-24(23)29)14-25-26(31)30(27(32)33-25)16-19-9-11-22(28)12-10-19/h2-14,17H,15-16H2,1H3/b25-14-. The maximum absolute atomic E-state index is 13.0. The van der Waals surface area contributed by atoms with Gasteiger partial charge in [0.15, 0.2) is 0 Å². The Labute approximate surface area is 201 Å². The van der Waals surface area contributed by atoms with E-state index in [9.17, 15) is 9.59 Å². The largest absolute Gasteiger partial charge is 0.342 e. The Morgan fingerprint density at radius 1 is 0.909 bits per heavy atom. The number of fused-ring (bicyclic) bond motifs is 1. The molecule has 4 nitrogen and oxygen atoms in total. The molecule has 0 aliphatic carbocycles. The molecule has 0 atom stereocenters. The van der Waals surface area contributed by atoms with E-state index >= 15 is 0 Å². The van der Waals surface area contributed by atoms with E-state index in [2.05, 4.69) is 48.0 Å². The molecule has 0 unspecified atom stereocenters. The molecule has 164 valence electrons. The van der Waals surface area contributed by atoms with Crippen molar-refractivity contribution in [3.05, 3.63) is 111 Å². The third-order valence-corrected chi connectivity index (χ3v) is 6.83. The Bertz CT molecular complexity index is 1410. The summed E-state index contributed by atoms with van der Waals surface area (Å²) >= 11 is 6.93. The summed E-state index contributed by atoms with van der Waals surface area (Å²) in [4.78, 5) is 27.4. The average molecular weight is 473 g/mol. The van der Waals surface area contributed by atoms with Crippen molar-refractivity contribution in [2.75, 3.05) is 0 Å². The fourth-order valence-corrected chi connectivity index (χ4v) is 5.03. The van der Waals surface area contributed by atoms with Gasteiger partial charge in [0.25, 0.3) is 11.1 Å². The topological polar surface area (TPSA) is 42.3 Å². The summed E-state index contributed by atoms with van der Waals surface area (Å²) < 4.78 is 2.19. The minimum atomic E-state index is -0.268. The quantitative estimate of drug-likeness (QED) is 0.297. The van der Waals surface area contributed by atoms with Crippen LogP contribution in [0.15, 0.2) is 83.9 Å². The first-order chi connectivity index (χ1) is 16.0. The molecule has 5 rings (SSSR count). The summed E-state index contributed by atoms with van der Waals surface area (Å²) in [7, 11) is 0. The second-order valence-corrected chi connectivity index (χ2v) is 9.54. The lowest BCUT2D eigenvalue weighted by Gasteiger charge is -2.12. The average Bonchev–Trinajstić information content (AvgIpc) is 3.27. The van der Waals surface area contributed by atoms with Crippen molar-refractivity contribution in [2.45, 2.75) is 20.0 Å². The van der Waals surface area contributed by atoms with Crippen LogP contribution in [0.25, 0.3) is 17.0 Å². The van der Waals surface area contributed by atoms with Gasteiger partial charge in [-0.1, -0.05) is 71.8 Å². The minimum Gasteiger partial charge on any atom is -0.342 e. The Kier molecular flexibility index (Phi) is 5.83. The Balaban J connectivity index is 1.45. The van der Waals surface area contributed by atoms with Gasteiger partial charge in [0.2, 0.25) is 0 Å². The molecule has 1 aliphatic heterocycles. The van der Waals surface area contributed by atoms with Gasteiger partial charge in [0.1, 0.15) is 0 Å². The van der Waals surface area contributed by atoms with Crippen LogP contribution in [0.4, 0.5) is 4.79 Å². The number of aryl methyl sites for hydroxylation is 1. The van der Waals surface area contributed by atoms with Crippen molar-refractivity contribution in [2.24, 2.45) is 0 Å². The first-order valence-electron chi connectivity index (χ1n) is 10.6. The van der Waals surface area contributed by atoms with Crippen molar-refractivity contribution in [3.8, 4) is 0 Å². The highest BCUT2D eigenvalue weighted by molar-refractivity contribution is 8.18. The molecule has 2 amide bonds. The Morgan fingerprint density at radius 3 is 2.48 bits per heavy atom. The van der Waals surface area contributed by atoms with Crippen LogP contribution in [0.5, 0.6) is 0 Å². The number of carbonyl (C=O) groups excluding carboxylic acids is 2. The van der Waals surface area contributed by atoms with E-state index in [1.165, 1.54) is 16.0 Å². The van der Waals surface area contributed by atoms with Crippen LogP contribution in [-0.2, 0) is 17.9 Å². The third kappa shape index (κ3) is 4.47. The number of imide groups is 1. The number of carbonyl (C=O) groups is 2. The lowest BCUT2D eigenvalue weighted by molar-refractivity contribution is -0.123. The van der Waals surface area contributed by atoms with Crippen molar-refractivity contribution in [3.63, 3.8) is 0 Å². The Hall–Kier alpha value is -3.28. The first kappa shape index (κ1) is 21.6. The van der Waals surface area contributed by atoms with Gasteiger partial charge < -0.3 is 4.57 Å². The number of hydrogen-bond acceptors (Lipinski definition) is 3. The van der Waals surface area contributed by atoms with Crippen molar-refractivity contribution < 1.29 is 9.59 Å². The maximum atomic E-state index is 13.0. The predicted octanol–water partition coefficient (Wildman–Crippen LogP) is 6.89. The van der Waals surface area contributed by atoms with E-state index in [1.54, 1.807) is 12.1 Å². The third-order valence-electron chi connectivity index (χ3n) is 5.67. The van der Waals surface area contributed by atoms with E-state index in [0.717, 1.165) is 40.3 Å². The van der Waals surface area contributed by atoms with Gasteiger partial charge in [-0.05, 0) is 54.1 Å². The van der Waals surface area contributed by atoms with Gasteiger partial charge >= 0.3 is 0 Å². The molecule has 1 aromatic heterocycles.